The van der Waals surface area contributed by atoms with Crippen LogP contribution in [0.4, 0.5) is 4.39 Å². The summed E-state index contributed by atoms with van der Waals surface area (Å²) in [7, 11) is 0. The van der Waals surface area contributed by atoms with Crippen molar-refractivity contribution in [1.82, 2.24) is 25.4 Å². The highest BCUT2D eigenvalue weighted by Gasteiger charge is 2.35. The Morgan fingerprint density at radius 2 is 2.11 bits per heavy atom. The van der Waals surface area contributed by atoms with E-state index in [0.717, 1.165) is 40.4 Å². The first kappa shape index (κ1) is 24.1. The SMILES string of the molecule is Cc1cc(-c2n[nH]c3c2=CC(C(=O)N[C@@H]2CCCN(C(C(N)=O)C4=CCCC=C4F)C2)CC=3)ccn1. The van der Waals surface area contributed by atoms with E-state index in [9.17, 15) is 14.0 Å². The number of carbonyl (C=O) groups is 2. The maximum absolute atomic E-state index is 14.5. The molecule has 9 heteroatoms. The van der Waals surface area contributed by atoms with E-state index in [-0.39, 0.29) is 23.7 Å². The summed E-state index contributed by atoms with van der Waals surface area (Å²) in [5.74, 6) is -1.35. The van der Waals surface area contributed by atoms with Crippen molar-refractivity contribution in [2.45, 2.75) is 51.1 Å². The number of nitrogens with two attached hydrogens (primary N) is 1. The molecule has 0 spiro atoms. The number of nitrogens with zero attached hydrogens (tertiary/aromatic N) is 3. The third-order valence-electron chi connectivity index (χ3n) is 7.14. The molecule has 0 bridgehead atoms. The van der Waals surface area contributed by atoms with Gasteiger partial charge in [0, 0.05) is 40.8 Å². The van der Waals surface area contributed by atoms with Gasteiger partial charge in [0.05, 0.1) is 17.0 Å². The molecule has 1 fully saturated rings. The number of likely N-dealkylation sites (tertiary alicyclic amines) is 1. The number of primary amides is 1. The Hall–Kier alpha value is -3.59. The molecule has 4 N–H and O–H groups in total. The Morgan fingerprint density at radius 3 is 2.89 bits per heavy atom. The van der Waals surface area contributed by atoms with Gasteiger partial charge in [0.15, 0.2) is 0 Å². The monoisotopic (exact) mass is 490 g/mol. The second kappa shape index (κ2) is 10.2. The van der Waals surface area contributed by atoms with Crippen molar-refractivity contribution < 1.29 is 14.0 Å². The standard InChI is InChI=1S/C27H31FN6O2/c1-16-13-17(10-11-30-16)24-21-14-18(8-9-23(21)32-33-24)27(36)31-19-5-4-12-34(15-19)25(26(29)35)20-6-2-3-7-22(20)28/h6-7,9-11,13-14,18-19,25,32H,2-5,8,12,15H2,1H3,(H2,29,35)(H,31,36)/t18?,19-,25?/m1/s1. The molecule has 0 saturated carbocycles. The van der Waals surface area contributed by atoms with Crippen molar-refractivity contribution >= 4 is 24.0 Å². The molecule has 5 rings (SSSR count). The molecule has 2 unspecified atom stereocenters. The highest BCUT2D eigenvalue weighted by Crippen LogP contribution is 2.28. The van der Waals surface area contributed by atoms with Crippen molar-refractivity contribution in [1.29, 1.82) is 0 Å². The fourth-order valence-electron chi connectivity index (χ4n) is 5.40. The van der Waals surface area contributed by atoms with E-state index in [1.54, 1.807) is 12.3 Å². The molecule has 2 aromatic heterocycles. The molecule has 1 saturated heterocycles. The van der Waals surface area contributed by atoms with Gasteiger partial charge in [-0.25, -0.2) is 4.39 Å². The van der Waals surface area contributed by atoms with Gasteiger partial charge in [-0.15, -0.1) is 0 Å². The number of hydrogen-bond donors (Lipinski definition) is 3. The summed E-state index contributed by atoms with van der Waals surface area (Å²) in [6.07, 6.45) is 12.5. The molecule has 36 heavy (non-hydrogen) atoms. The number of rotatable bonds is 6. The lowest BCUT2D eigenvalue weighted by molar-refractivity contribution is -0.124. The van der Waals surface area contributed by atoms with Gasteiger partial charge in [0.2, 0.25) is 11.8 Å². The first-order valence-electron chi connectivity index (χ1n) is 12.5. The number of nitrogens with one attached hydrogen (secondary N) is 2. The number of aromatic amines is 1. The van der Waals surface area contributed by atoms with E-state index in [4.69, 9.17) is 5.73 Å². The maximum Gasteiger partial charge on any atom is 0.239 e. The second-order valence-electron chi connectivity index (χ2n) is 9.73. The predicted octanol–water partition coefficient (Wildman–Crippen LogP) is 1.37. The van der Waals surface area contributed by atoms with Crippen LogP contribution in [-0.4, -0.2) is 57.1 Å². The Balaban J connectivity index is 1.31. The molecular weight excluding hydrogens is 459 g/mol. The Bertz CT molecular complexity index is 1360. The fourth-order valence-corrected chi connectivity index (χ4v) is 5.40. The van der Waals surface area contributed by atoms with Crippen molar-refractivity contribution in [3.05, 3.63) is 58.1 Å². The van der Waals surface area contributed by atoms with Gasteiger partial charge in [-0.1, -0.05) is 18.2 Å². The molecule has 1 aliphatic heterocycles. The number of pyridine rings is 1. The van der Waals surface area contributed by atoms with Crippen LogP contribution in [0.5, 0.6) is 0 Å². The summed E-state index contributed by atoms with van der Waals surface area (Å²) in [6, 6.07) is 2.91. The first-order chi connectivity index (χ1) is 17.4. The Kier molecular flexibility index (Phi) is 6.82. The molecular formula is C27H31FN6O2. The number of allylic oxidation sites excluding steroid dienone is 2. The average molecular weight is 491 g/mol. The fraction of sp³-hybridized carbons (Fsp3) is 0.407. The third kappa shape index (κ3) is 4.88. The zero-order valence-electron chi connectivity index (χ0n) is 20.3. The molecule has 2 aromatic rings. The smallest absolute Gasteiger partial charge is 0.239 e. The quantitative estimate of drug-likeness (QED) is 0.566. The van der Waals surface area contributed by atoms with Gasteiger partial charge < -0.3 is 11.1 Å². The van der Waals surface area contributed by atoms with Crippen LogP contribution >= 0.6 is 0 Å². The number of H-pyrrole nitrogens is 1. The number of aromatic nitrogens is 3. The maximum atomic E-state index is 14.5. The normalized spacial score (nSPS) is 22.8. The molecule has 3 atom stereocenters. The molecule has 2 aliphatic carbocycles. The average Bonchev–Trinajstić information content (AvgIpc) is 3.29. The minimum atomic E-state index is -0.823. The lowest BCUT2D eigenvalue weighted by Gasteiger charge is -2.38. The lowest BCUT2D eigenvalue weighted by Crippen LogP contribution is -2.55. The van der Waals surface area contributed by atoms with E-state index in [2.05, 4.69) is 20.5 Å². The Labute approximate surface area is 208 Å². The molecule has 188 valence electrons. The summed E-state index contributed by atoms with van der Waals surface area (Å²) >= 11 is 0. The molecule has 3 heterocycles. The van der Waals surface area contributed by atoms with Crippen LogP contribution in [0, 0.1) is 12.8 Å². The number of halogens is 1. The molecule has 0 aromatic carbocycles. The van der Waals surface area contributed by atoms with Crippen LogP contribution in [0.3, 0.4) is 0 Å². The van der Waals surface area contributed by atoms with Crippen LogP contribution in [0.15, 0.2) is 41.9 Å². The van der Waals surface area contributed by atoms with Crippen LogP contribution in [-0.2, 0) is 9.59 Å². The summed E-state index contributed by atoms with van der Waals surface area (Å²) in [5.41, 5.74) is 8.70. The van der Waals surface area contributed by atoms with E-state index < -0.39 is 11.9 Å². The lowest BCUT2D eigenvalue weighted by atomic mass is 9.93. The number of amides is 2. The minimum absolute atomic E-state index is 0.0691. The van der Waals surface area contributed by atoms with Gasteiger partial charge in [-0.05, 0) is 63.8 Å². The van der Waals surface area contributed by atoms with Gasteiger partial charge in [0.25, 0.3) is 0 Å². The van der Waals surface area contributed by atoms with Crippen molar-refractivity contribution in [2.24, 2.45) is 11.7 Å². The molecule has 8 nitrogen and oxygen atoms in total. The molecule has 0 radical (unpaired) electrons. The number of carbonyl (C=O) groups excluding carboxylic acids is 2. The van der Waals surface area contributed by atoms with Crippen LogP contribution in [0.25, 0.3) is 23.4 Å². The van der Waals surface area contributed by atoms with Gasteiger partial charge >= 0.3 is 0 Å². The highest BCUT2D eigenvalue weighted by atomic mass is 19.1. The summed E-state index contributed by atoms with van der Waals surface area (Å²) in [5, 5.41) is 12.5. The largest absolute Gasteiger partial charge is 0.368 e. The van der Waals surface area contributed by atoms with Crippen molar-refractivity contribution in [3.8, 4) is 11.3 Å². The summed E-state index contributed by atoms with van der Waals surface area (Å²) in [4.78, 5) is 31.7. The van der Waals surface area contributed by atoms with E-state index in [0.29, 0.717) is 37.9 Å². The topological polar surface area (TPSA) is 117 Å². The highest BCUT2D eigenvalue weighted by molar-refractivity contribution is 5.86. The number of fused-ring (bicyclic) bond motifs is 1. The van der Waals surface area contributed by atoms with E-state index >= 15 is 0 Å². The van der Waals surface area contributed by atoms with Crippen molar-refractivity contribution in [3.63, 3.8) is 0 Å². The first-order valence-corrected chi connectivity index (χ1v) is 12.5. The minimum Gasteiger partial charge on any atom is -0.368 e. The summed E-state index contributed by atoms with van der Waals surface area (Å²) < 4.78 is 14.5. The number of piperidine rings is 1. The third-order valence-corrected chi connectivity index (χ3v) is 7.14. The predicted molar refractivity (Wildman–Crippen MR) is 135 cm³/mol. The van der Waals surface area contributed by atoms with Crippen LogP contribution in [0.2, 0.25) is 0 Å². The molecule has 3 aliphatic rings. The Morgan fingerprint density at radius 1 is 1.28 bits per heavy atom. The number of aryl methyl sites for hydroxylation is 1. The number of hydrogen-bond acceptors (Lipinski definition) is 5. The van der Waals surface area contributed by atoms with Crippen molar-refractivity contribution in [2.75, 3.05) is 13.1 Å². The zero-order valence-corrected chi connectivity index (χ0v) is 20.3. The summed E-state index contributed by atoms with van der Waals surface area (Å²) in [6.45, 7) is 3.00. The van der Waals surface area contributed by atoms with E-state index in [1.807, 2.05) is 36.1 Å². The van der Waals surface area contributed by atoms with Gasteiger partial charge in [0.1, 0.15) is 11.9 Å². The van der Waals surface area contributed by atoms with Crippen LogP contribution < -0.4 is 21.6 Å². The zero-order chi connectivity index (χ0) is 25.2. The van der Waals surface area contributed by atoms with Gasteiger partial charge in [-0.3, -0.25) is 24.6 Å². The second-order valence-corrected chi connectivity index (χ2v) is 9.73. The molecule has 2 amide bonds. The van der Waals surface area contributed by atoms with E-state index in [1.165, 1.54) is 6.08 Å². The van der Waals surface area contributed by atoms with Gasteiger partial charge in [-0.2, -0.15) is 5.10 Å². The van der Waals surface area contributed by atoms with Crippen LogP contribution in [0.1, 0.15) is 37.8 Å².